The van der Waals surface area contributed by atoms with Crippen LogP contribution in [0.1, 0.15) is 30.0 Å². The maximum absolute atomic E-state index is 13.3. The Kier molecular flexibility index (Phi) is 4.11. The van der Waals surface area contributed by atoms with Crippen LogP contribution in [-0.2, 0) is 0 Å². The highest BCUT2D eigenvalue weighted by Gasteiger charge is 2.19. The molecule has 2 heteroatoms. The fourth-order valence-corrected chi connectivity index (χ4v) is 2.35. The minimum absolute atomic E-state index is 0.114. The zero-order chi connectivity index (χ0) is 13.0. The molecule has 1 N–H and O–H groups in total. The number of hydrogen-bond donors (Lipinski definition) is 1. The molecule has 0 spiro atoms. The van der Waals surface area contributed by atoms with E-state index in [1.807, 2.05) is 31.3 Å². The summed E-state index contributed by atoms with van der Waals surface area (Å²) in [7, 11) is 1.91. The van der Waals surface area contributed by atoms with Gasteiger partial charge in [-0.3, -0.25) is 0 Å². The van der Waals surface area contributed by atoms with Gasteiger partial charge in [-0.05, 0) is 30.3 Å². The Balaban J connectivity index is 2.29. The summed E-state index contributed by atoms with van der Waals surface area (Å²) < 4.78 is 13.3. The number of halogens is 1. The second-order valence-electron chi connectivity index (χ2n) is 4.52. The molecular formula is C16H18FN. The molecule has 0 saturated carbocycles. The first-order valence-corrected chi connectivity index (χ1v) is 6.20. The van der Waals surface area contributed by atoms with Crippen LogP contribution in [0.4, 0.5) is 4.39 Å². The average molecular weight is 243 g/mol. The van der Waals surface area contributed by atoms with Gasteiger partial charge in [-0.25, -0.2) is 4.39 Å². The largest absolute Gasteiger partial charge is 0.312 e. The van der Waals surface area contributed by atoms with E-state index in [9.17, 15) is 4.39 Å². The predicted molar refractivity (Wildman–Crippen MR) is 73.1 cm³/mol. The number of hydrogen-bond acceptors (Lipinski definition) is 1. The zero-order valence-corrected chi connectivity index (χ0v) is 10.7. The molecule has 2 rings (SSSR count). The van der Waals surface area contributed by atoms with Gasteiger partial charge in [0.1, 0.15) is 5.82 Å². The molecule has 0 amide bonds. The molecule has 94 valence electrons. The van der Waals surface area contributed by atoms with E-state index in [2.05, 4.69) is 24.4 Å². The highest BCUT2D eigenvalue weighted by molar-refractivity contribution is 5.27. The van der Waals surface area contributed by atoms with Crippen molar-refractivity contribution in [1.29, 1.82) is 0 Å². The van der Waals surface area contributed by atoms with Crippen LogP contribution in [0.15, 0.2) is 54.6 Å². The first-order valence-electron chi connectivity index (χ1n) is 6.20. The summed E-state index contributed by atoms with van der Waals surface area (Å²) in [6.07, 6.45) is 0. The lowest BCUT2D eigenvalue weighted by Crippen LogP contribution is -2.22. The minimum atomic E-state index is -0.187. The van der Waals surface area contributed by atoms with E-state index < -0.39 is 0 Å². The van der Waals surface area contributed by atoms with Crippen LogP contribution < -0.4 is 5.32 Å². The third-order valence-electron chi connectivity index (χ3n) is 3.34. The van der Waals surface area contributed by atoms with Gasteiger partial charge in [-0.15, -0.1) is 0 Å². The van der Waals surface area contributed by atoms with Gasteiger partial charge in [0.2, 0.25) is 0 Å². The quantitative estimate of drug-likeness (QED) is 0.859. The fraction of sp³-hybridized carbons (Fsp3) is 0.250. The Hall–Kier alpha value is -1.67. The zero-order valence-electron chi connectivity index (χ0n) is 10.7. The van der Waals surface area contributed by atoms with Crippen LogP contribution >= 0.6 is 0 Å². The van der Waals surface area contributed by atoms with Crippen molar-refractivity contribution in [3.8, 4) is 0 Å². The Labute approximate surface area is 108 Å². The smallest absolute Gasteiger partial charge is 0.123 e. The second kappa shape index (κ2) is 5.78. The highest BCUT2D eigenvalue weighted by Crippen LogP contribution is 2.30. The molecule has 0 radical (unpaired) electrons. The van der Waals surface area contributed by atoms with Crippen molar-refractivity contribution >= 4 is 0 Å². The molecule has 0 aliphatic rings. The van der Waals surface area contributed by atoms with E-state index in [1.165, 1.54) is 11.6 Å². The van der Waals surface area contributed by atoms with Gasteiger partial charge < -0.3 is 5.32 Å². The third kappa shape index (κ3) is 2.77. The summed E-state index contributed by atoms with van der Waals surface area (Å²) >= 11 is 0. The third-order valence-corrected chi connectivity index (χ3v) is 3.34. The summed E-state index contributed by atoms with van der Waals surface area (Å²) in [5, 5.41) is 3.28. The minimum Gasteiger partial charge on any atom is -0.312 e. The number of benzene rings is 2. The summed E-state index contributed by atoms with van der Waals surface area (Å²) in [5.41, 5.74) is 2.23. The molecule has 1 nitrogen and oxygen atoms in total. The van der Waals surface area contributed by atoms with Gasteiger partial charge in [0.25, 0.3) is 0 Å². The normalized spacial score (nSPS) is 14.2. The molecule has 0 aliphatic heterocycles. The topological polar surface area (TPSA) is 12.0 Å². The van der Waals surface area contributed by atoms with Gasteiger partial charge in [0.05, 0.1) is 0 Å². The lowest BCUT2D eigenvalue weighted by atomic mass is 9.88. The number of likely N-dealkylation sites (N-methyl/N-ethyl adjacent to an activating group) is 1. The van der Waals surface area contributed by atoms with Crippen LogP contribution in [0, 0.1) is 5.82 Å². The van der Waals surface area contributed by atoms with E-state index in [4.69, 9.17) is 0 Å². The SMILES string of the molecule is CNC(c1cccc(F)c1)C(C)c1ccccc1. The summed E-state index contributed by atoms with van der Waals surface area (Å²) in [6, 6.07) is 17.2. The van der Waals surface area contributed by atoms with E-state index in [1.54, 1.807) is 12.1 Å². The lowest BCUT2D eigenvalue weighted by Gasteiger charge is -2.24. The van der Waals surface area contributed by atoms with Gasteiger partial charge in [0, 0.05) is 12.0 Å². The van der Waals surface area contributed by atoms with Crippen LogP contribution in [0.5, 0.6) is 0 Å². The van der Waals surface area contributed by atoms with Crippen LogP contribution in [0.25, 0.3) is 0 Å². The Morgan fingerprint density at radius 1 is 0.944 bits per heavy atom. The van der Waals surface area contributed by atoms with Crippen molar-refractivity contribution in [3.05, 3.63) is 71.5 Å². The molecule has 0 saturated heterocycles. The maximum Gasteiger partial charge on any atom is 0.123 e. The second-order valence-corrected chi connectivity index (χ2v) is 4.52. The Morgan fingerprint density at radius 3 is 2.22 bits per heavy atom. The van der Waals surface area contributed by atoms with Gasteiger partial charge in [-0.1, -0.05) is 49.4 Å². The van der Waals surface area contributed by atoms with Crippen LogP contribution in [-0.4, -0.2) is 7.05 Å². The summed E-state index contributed by atoms with van der Waals surface area (Å²) in [4.78, 5) is 0. The van der Waals surface area contributed by atoms with Gasteiger partial charge >= 0.3 is 0 Å². The molecule has 0 aromatic heterocycles. The van der Waals surface area contributed by atoms with E-state index in [0.29, 0.717) is 0 Å². The molecule has 0 aliphatic carbocycles. The van der Waals surface area contributed by atoms with E-state index >= 15 is 0 Å². The molecule has 0 fully saturated rings. The fourth-order valence-electron chi connectivity index (χ4n) is 2.35. The Morgan fingerprint density at radius 2 is 1.61 bits per heavy atom. The van der Waals surface area contributed by atoms with Crippen molar-refractivity contribution in [2.45, 2.75) is 18.9 Å². The first kappa shape index (κ1) is 12.8. The van der Waals surface area contributed by atoms with Crippen molar-refractivity contribution < 1.29 is 4.39 Å². The molecule has 2 aromatic rings. The molecular weight excluding hydrogens is 225 g/mol. The molecule has 2 aromatic carbocycles. The Bertz CT molecular complexity index is 495. The molecule has 2 unspecified atom stereocenters. The highest BCUT2D eigenvalue weighted by atomic mass is 19.1. The molecule has 18 heavy (non-hydrogen) atoms. The standard InChI is InChI=1S/C16H18FN/c1-12(13-7-4-3-5-8-13)16(18-2)14-9-6-10-15(17)11-14/h3-12,16,18H,1-2H3. The summed E-state index contributed by atoms with van der Waals surface area (Å²) in [5.74, 6) is 0.103. The first-order chi connectivity index (χ1) is 8.72. The summed E-state index contributed by atoms with van der Waals surface area (Å²) in [6.45, 7) is 2.15. The lowest BCUT2D eigenvalue weighted by molar-refractivity contribution is 0.503. The van der Waals surface area contributed by atoms with Crippen molar-refractivity contribution in [2.75, 3.05) is 7.05 Å². The molecule has 0 heterocycles. The van der Waals surface area contributed by atoms with E-state index in [-0.39, 0.29) is 17.8 Å². The van der Waals surface area contributed by atoms with Crippen molar-refractivity contribution in [2.24, 2.45) is 0 Å². The van der Waals surface area contributed by atoms with Gasteiger partial charge in [0.15, 0.2) is 0 Å². The maximum atomic E-state index is 13.3. The monoisotopic (exact) mass is 243 g/mol. The van der Waals surface area contributed by atoms with Crippen molar-refractivity contribution in [3.63, 3.8) is 0 Å². The number of rotatable bonds is 4. The van der Waals surface area contributed by atoms with Crippen molar-refractivity contribution in [1.82, 2.24) is 5.32 Å². The number of nitrogens with one attached hydrogen (secondary N) is 1. The van der Waals surface area contributed by atoms with Gasteiger partial charge in [-0.2, -0.15) is 0 Å². The van der Waals surface area contributed by atoms with E-state index in [0.717, 1.165) is 5.56 Å². The predicted octanol–water partition coefficient (Wildman–Crippen LogP) is 3.89. The molecule has 0 bridgehead atoms. The average Bonchev–Trinajstić information content (AvgIpc) is 2.40. The molecule has 2 atom stereocenters. The van der Waals surface area contributed by atoms with Crippen LogP contribution in [0.2, 0.25) is 0 Å². The van der Waals surface area contributed by atoms with Crippen LogP contribution in [0.3, 0.4) is 0 Å².